The van der Waals surface area contributed by atoms with Gasteiger partial charge in [0.05, 0.1) is 5.52 Å². The fourth-order valence-electron chi connectivity index (χ4n) is 5.35. The summed E-state index contributed by atoms with van der Waals surface area (Å²) >= 11 is 0. The van der Waals surface area contributed by atoms with Crippen LogP contribution >= 0.6 is 0 Å². The lowest BCUT2D eigenvalue weighted by Crippen LogP contribution is -2.32. The van der Waals surface area contributed by atoms with E-state index in [-0.39, 0.29) is 27.8 Å². The maximum atomic E-state index is 14.1. The van der Waals surface area contributed by atoms with Crippen molar-refractivity contribution in [2.45, 2.75) is 70.8 Å². The largest absolute Gasteiger partial charge is 0.328 e. The first-order valence-electron chi connectivity index (χ1n) is 12.4. The average molecular weight is 456 g/mol. The number of hydrogen-bond donors (Lipinski definition) is 0. The SMILES string of the molecule is Cn1c2ccccc2c(=O)c2c(=O)n(C3CCCCCC3)c(-c3ccc(C(C)(C)C)cc3)nc21. The van der Waals surface area contributed by atoms with Crippen LogP contribution in [0.5, 0.6) is 0 Å². The summed E-state index contributed by atoms with van der Waals surface area (Å²) in [6, 6.07) is 15.9. The van der Waals surface area contributed by atoms with Crippen LogP contribution < -0.4 is 11.0 Å². The third-order valence-electron chi connectivity index (χ3n) is 7.35. The highest BCUT2D eigenvalue weighted by Crippen LogP contribution is 2.32. The molecule has 5 rings (SSSR count). The molecule has 34 heavy (non-hydrogen) atoms. The van der Waals surface area contributed by atoms with Gasteiger partial charge in [-0.1, -0.05) is 82.9 Å². The van der Waals surface area contributed by atoms with E-state index in [2.05, 4.69) is 45.0 Å². The van der Waals surface area contributed by atoms with Crippen LogP contribution in [0, 0.1) is 0 Å². The van der Waals surface area contributed by atoms with Crippen LogP contribution in [-0.4, -0.2) is 14.1 Å². The number of pyridine rings is 1. The van der Waals surface area contributed by atoms with E-state index in [9.17, 15) is 9.59 Å². The minimum absolute atomic E-state index is 0.0408. The maximum Gasteiger partial charge on any atom is 0.267 e. The topological polar surface area (TPSA) is 56.9 Å². The molecule has 0 aliphatic heterocycles. The normalized spacial score (nSPS) is 15.6. The molecule has 0 unspecified atom stereocenters. The summed E-state index contributed by atoms with van der Waals surface area (Å²) in [5.74, 6) is 0.662. The second-order valence-corrected chi connectivity index (χ2v) is 10.7. The van der Waals surface area contributed by atoms with Crippen molar-refractivity contribution in [3.63, 3.8) is 0 Å². The average Bonchev–Trinajstić information content (AvgIpc) is 3.11. The molecule has 0 atom stereocenters. The number of hydrogen-bond acceptors (Lipinski definition) is 3. The Morgan fingerprint density at radius 1 is 0.882 bits per heavy atom. The molecule has 0 bridgehead atoms. The third-order valence-corrected chi connectivity index (χ3v) is 7.35. The molecule has 2 aromatic carbocycles. The molecule has 2 heterocycles. The highest BCUT2D eigenvalue weighted by molar-refractivity contribution is 5.91. The van der Waals surface area contributed by atoms with Gasteiger partial charge in [0.25, 0.3) is 5.56 Å². The molecule has 0 N–H and O–H groups in total. The number of aromatic nitrogens is 3. The molecular formula is C29H33N3O2. The van der Waals surface area contributed by atoms with Gasteiger partial charge >= 0.3 is 0 Å². The summed E-state index contributed by atoms with van der Waals surface area (Å²) in [4.78, 5) is 32.6. The molecule has 1 aliphatic rings. The van der Waals surface area contributed by atoms with Crippen molar-refractivity contribution in [1.29, 1.82) is 0 Å². The smallest absolute Gasteiger partial charge is 0.267 e. The Morgan fingerprint density at radius 2 is 1.53 bits per heavy atom. The lowest BCUT2D eigenvalue weighted by Gasteiger charge is -2.24. The number of aryl methyl sites for hydroxylation is 1. The van der Waals surface area contributed by atoms with Gasteiger partial charge in [0.15, 0.2) is 5.65 Å². The number of nitrogens with zero attached hydrogens (tertiary/aromatic N) is 3. The van der Waals surface area contributed by atoms with E-state index in [1.807, 2.05) is 34.4 Å². The van der Waals surface area contributed by atoms with Crippen molar-refractivity contribution in [2.75, 3.05) is 0 Å². The summed E-state index contributed by atoms with van der Waals surface area (Å²) in [5, 5.41) is 0.756. The van der Waals surface area contributed by atoms with E-state index >= 15 is 0 Å². The van der Waals surface area contributed by atoms with E-state index < -0.39 is 0 Å². The first-order chi connectivity index (χ1) is 16.3. The van der Waals surface area contributed by atoms with Gasteiger partial charge in [-0.15, -0.1) is 0 Å². The van der Waals surface area contributed by atoms with Gasteiger partial charge in [-0.25, -0.2) is 4.98 Å². The van der Waals surface area contributed by atoms with Gasteiger partial charge in [-0.2, -0.15) is 0 Å². The second-order valence-electron chi connectivity index (χ2n) is 10.7. The summed E-state index contributed by atoms with van der Waals surface area (Å²) in [6.07, 6.45) is 6.44. The lowest BCUT2D eigenvalue weighted by atomic mass is 9.86. The zero-order valence-corrected chi connectivity index (χ0v) is 20.6. The van der Waals surface area contributed by atoms with Crippen molar-refractivity contribution in [1.82, 2.24) is 14.1 Å². The fourth-order valence-corrected chi connectivity index (χ4v) is 5.35. The summed E-state index contributed by atoms with van der Waals surface area (Å²) in [5.41, 5.74) is 2.99. The Labute approximate surface area is 200 Å². The van der Waals surface area contributed by atoms with Crippen molar-refractivity contribution >= 4 is 21.9 Å². The Balaban J connectivity index is 1.85. The van der Waals surface area contributed by atoms with Crippen molar-refractivity contribution in [3.05, 3.63) is 74.7 Å². The molecule has 5 nitrogen and oxygen atoms in total. The van der Waals surface area contributed by atoms with E-state index in [0.717, 1.165) is 36.8 Å². The predicted octanol–water partition coefficient (Wildman–Crippen LogP) is 6.11. The van der Waals surface area contributed by atoms with Gasteiger partial charge in [0.1, 0.15) is 11.2 Å². The third kappa shape index (κ3) is 3.77. The quantitative estimate of drug-likeness (QED) is 0.271. The molecule has 4 aromatic rings. The highest BCUT2D eigenvalue weighted by Gasteiger charge is 2.25. The van der Waals surface area contributed by atoms with Crippen LogP contribution in [-0.2, 0) is 12.5 Å². The molecule has 0 amide bonds. The van der Waals surface area contributed by atoms with Crippen molar-refractivity contribution in [2.24, 2.45) is 7.05 Å². The van der Waals surface area contributed by atoms with Crippen LogP contribution in [0.4, 0.5) is 0 Å². The van der Waals surface area contributed by atoms with Crippen molar-refractivity contribution in [3.8, 4) is 11.4 Å². The predicted molar refractivity (Wildman–Crippen MR) is 140 cm³/mol. The molecule has 1 aliphatic carbocycles. The Hall–Kier alpha value is -3.21. The number of benzene rings is 2. The summed E-state index contributed by atoms with van der Waals surface area (Å²) in [6.45, 7) is 6.58. The monoisotopic (exact) mass is 455 g/mol. The van der Waals surface area contributed by atoms with E-state index in [4.69, 9.17) is 4.98 Å². The Morgan fingerprint density at radius 3 is 2.18 bits per heavy atom. The van der Waals surface area contributed by atoms with E-state index in [0.29, 0.717) is 16.9 Å². The first kappa shape index (κ1) is 22.6. The van der Waals surface area contributed by atoms with E-state index in [1.54, 1.807) is 6.07 Å². The minimum Gasteiger partial charge on any atom is -0.328 e. The Kier molecular flexibility index (Phi) is 5.67. The molecule has 176 valence electrons. The van der Waals surface area contributed by atoms with Crippen LogP contribution in [0.1, 0.15) is 70.9 Å². The molecule has 1 fully saturated rings. The van der Waals surface area contributed by atoms with Gasteiger partial charge in [0.2, 0.25) is 5.43 Å². The minimum atomic E-state index is -0.224. The number of para-hydroxylation sites is 1. The second kappa shape index (κ2) is 8.53. The van der Waals surface area contributed by atoms with E-state index in [1.165, 1.54) is 18.4 Å². The van der Waals surface area contributed by atoms with Gasteiger partial charge < -0.3 is 4.57 Å². The summed E-state index contributed by atoms with van der Waals surface area (Å²) < 4.78 is 3.73. The Bertz CT molecular complexity index is 1480. The highest BCUT2D eigenvalue weighted by atomic mass is 16.1. The zero-order valence-electron chi connectivity index (χ0n) is 20.6. The first-order valence-corrected chi connectivity index (χ1v) is 12.4. The lowest BCUT2D eigenvalue weighted by molar-refractivity contribution is 0.434. The molecule has 0 saturated heterocycles. The van der Waals surface area contributed by atoms with Crippen LogP contribution in [0.3, 0.4) is 0 Å². The van der Waals surface area contributed by atoms with Crippen molar-refractivity contribution < 1.29 is 0 Å². The standard InChI is InChI=1S/C29H33N3O2/c1-29(2,3)20-17-15-19(16-18-20)26-30-27-24(25(33)22-13-9-10-14-23(22)31(27)4)28(34)32(26)21-11-7-5-6-8-12-21/h9-10,13-18,21H,5-8,11-12H2,1-4H3. The molecule has 5 heteroatoms. The van der Waals surface area contributed by atoms with Gasteiger partial charge in [-0.05, 0) is 36.0 Å². The van der Waals surface area contributed by atoms with Gasteiger partial charge in [-0.3, -0.25) is 14.2 Å². The zero-order chi connectivity index (χ0) is 24.0. The van der Waals surface area contributed by atoms with Crippen LogP contribution in [0.2, 0.25) is 0 Å². The molecule has 2 aromatic heterocycles. The van der Waals surface area contributed by atoms with Gasteiger partial charge in [0, 0.05) is 24.0 Å². The molecule has 0 radical (unpaired) electrons. The number of rotatable bonds is 2. The summed E-state index contributed by atoms with van der Waals surface area (Å²) in [7, 11) is 1.89. The fraction of sp³-hybridized carbons (Fsp3) is 0.414. The number of fused-ring (bicyclic) bond motifs is 2. The molecule has 1 saturated carbocycles. The van der Waals surface area contributed by atoms with Crippen LogP contribution in [0.25, 0.3) is 33.3 Å². The van der Waals surface area contributed by atoms with Crippen LogP contribution in [0.15, 0.2) is 58.1 Å². The molecule has 0 spiro atoms. The molecular weight excluding hydrogens is 422 g/mol. The maximum absolute atomic E-state index is 14.1.